The van der Waals surface area contributed by atoms with E-state index in [2.05, 4.69) is 26.0 Å². The van der Waals surface area contributed by atoms with Gasteiger partial charge in [0.1, 0.15) is 0 Å². The van der Waals surface area contributed by atoms with Crippen molar-refractivity contribution in [3.63, 3.8) is 0 Å². The van der Waals surface area contributed by atoms with Gasteiger partial charge in [0.15, 0.2) is 0 Å². The Morgan fingerprint density at radius 2 is 1.78 bits per heavy atom. The van der Waals surface area contributed by atoms with Crippen LogP contribution in [0, 0.1) is 17.3 Å². The molecule has 0 bridgehead atoms. The molecule has 2 N–H and O–H groups in total. The first-order valence-corrected chi connectivity index (χ1v) is 11.7. The number of aliphatic hydroxyl groups is 2. The molecule has 3 rings (SSSR count). The summed E-state index contributed by atoms with van der Waals surface area (Å²) in [5.41, 5.74) is 3.43. The maximum Gasteiger partial charge on any atom is 0.0602 e. The molecule has 4 atom stereocenters. The first-order valence-electron chi connectivity index (χ1n) is 11.7. The molecule has 3 aliphatic carbocycles. The highest BCUT2D eigenvalue weighted by Gasteiger charge is 2.40. The molecule has 2 nitrogen and oxygen atoms in total. The van der Waals surface area contributed by atoms with Crippen LogP contribution >= 0.6 is 0 Å². The third kappa shape index (κ3) is 6.46. The molecule has 2 heteroatoms. The summed E-state index contributed by atoms with van der Waals surface area (Å²) in [5.74, 6) is 1.82. The lowest BCUT2D eigenvalue weighted by Gasteiger charge is -2.35. The van der Waals surface area contributed by atoms with E-state index in [-0.39, 0.29) is 12.2 Å². The second kappa shape index (κ2) is 9.74. The average molecular weight is 375 g/mol. The van der Waals surface area contributed by atoms with E-state index in [4.69, 9.17) is 0 Å². The van der Waals surface area contributed by atoms with E-state index in [0.29, 0.717) is 11.8 Å². The molecule has 3 saturated carbocycles. The molecule has 154 valence electrons. The Labute approximate surface area is 167 Å². The van der Waals surface area contributed by atoms with Gasteiger partial charge in [0.25, 0.3) is 0 Å². The lowest BCUT2D eigenvalue weighted by Crippen LogP contribution is -2.24. The first kappa shape index (κ1) is 21.1. The van der Waals surface area contributed by atoms with Crippen LogP contribution in [0.15, 0.2) is 23.3 Å². The van der Waals surface area contributed by atoms with E-state index in [9.17, 15) is 10.2 Å². The predicted molar refractivity (Wildman–Crippen MR) is 114 cm³/mol. The van der Waals surface area contributed by atoms with Crippen LogP contribution in [0.25, 0.3) is 0 Å². The molecule has 3 aliphatic rings. The molecule has 0 aliphatic heterocycles. The zero-order chi connectivity index (χ0) is 19.3. The van der Waals surface area contributed by atoms with Crippen molar-refractivity contribution in [2.45, 2.75) is 116 Å². The van der Waals surface area contributed by atoms with Gasteiger partial charge < -0.3 is 10.2 Å². The summed E-state index contributed by atoms with van der Waals surface area (Å²) in [6.45, 7) is 4.68. The number of aliphatic hydroxyl groups excluding tert-OH is 2. The second-order valence-electron chi connectivity index (χ2n) is 10.4. The minimum atomic E-state index is -0.359. The van der Waals surface area contributed by atoms with E-state index >= 15 is 0 Å². The summed E-state index contributed by atoms with van der Waals surface area (Å²) in [7, 11) is 0. The smallest absolute Gasteiger partial charge is 0.0602 e. The number of rotatable bonds is 6. The SMILES string of the molecule is CC(C)CCCC[C@H]1CC[C@]2(CCCC(=CC=C3C[C@@H](O)C[C@H](O)C3)C2)C1. The van der Waals surface area contributed by atoms with E-state index in [0.717, 1.165) is 24.7 Å². The number of allylic oxidation sites excluding steroid dienone is 3. The Bertz CT molecular complexity index is 520. The normalized spacial score (nSPS) is 36.1. The van der Waals surface area contributed by atoms with E-state index in [1.807, 2.05) is 0 Å². The van der Waals surface area contributed by atoms with Crippen molar-refractivity contribution in [1.29, 1.82) is 0 Å². The quantitative estimate of drug-likeness (QED) is 0.534. The van der Waals surface area contributed by atoms with Gasteiger partial charge in [-0.05, 0) is 81.5 Å². The van der Waals surface area contributed by atoms with Gasteiger partial charge in [0.2, 0.25) is 0 Å². The summed E-state index contributed by atoms with van der Waals surface area (Å²) in [4.78, 5) is 0. The third-order valence-electron chi connectivity index (χ3n) is 7.35. The topological polar surface area (TPSA) is 40.5 Å². The van der Waals surface area contributed by atoms with Crippen LogP contribution < -0.4 is 0 Å². The maximum atomic E-state index is 9.88. The third-order valence-corrected chi connectivity index (χ3v) is 7.35. The minimum Gasteiger partial charge on any atom is -0.393 e. The largest absolute Gasteiger partial charge is 0.393 e. The van der Waals surface area contributed by atoms with Gasteiger partial charge in [-0.3, -0.25) is 0 Å². The summed E-state index contributed by atoms with van der Waals surface area (Å²) < 4.78 is 0. The predicted octanol–water partition coefficient (Wildman–Crippen LogP) is 6.32. The monoisotopic (exact) mass is 374 g/mol. The summed E-state index contributed by atoms with van der Waals surface area (Å²) in [6, 6.07) is 0. The van der Waals surface area contributed by atoms with Gasteiger partial charge in [-0.25, -0.2) is 0 Å². The van der Waals surface area contributed by atoms with Gasteiger partial charge >= 0.3 is 0 Å². The number of unbranched alkanes of at least 4 members (excludes halogenated alkanes) is 1. The average Bonchev–Trinajstić information content (AvgIpc) is 2.98. The molecular weight excluding hydrogens is 332 g/mol. The van der Waals surface area contributed by atoms with E-state index in [1.165, 1.54) is 76.2 Å². The van der Waals surface area contributed by atoms with E-state index in [1.54, 1.807) is 5.57 Å². The molecule has 0 aromatic rings. The Morgan fingerprint density at radius 1 is 1.04 bits per heavy atom. The lowest BCUT2D eigenvalue weighted by molar-refractivity contribution is 0.0609. The molecule has 0 saturated heterocycles. The Morgan fingerprint density at radius 3 is 2.52 bits per heavy atom. The number of hydrogen-bond acceptors (Lipinski definition) is 2. The molecule has 0 heterocycles. The molecule has 0 radical (unpaired) electrons. The van der Waals surface area contributed by atoms with Crippen LogP contribution in [0.2, 0.25) is 0 Å². The zero-order valence-electron chi connectivity index (χ0n) is 17.8. The molecule has 0 unspecified atom stereocenters. The lowest BCUT2D eigenvalue weighted by atomic mass is 9.70. The van der Waals surface area contributed by atoms with Crippen LogP contribution in [-0.2, 0) is 0 Å². The van der Waals surface area contributed by atoms with Crippen molar-refractivity contribution in [2.75, 3.05) is 0 Å². The highest BCUT2D eigenvalue weighted by Crippen LogP contribution is 2.53. The molecule has 3 fully saturated rings. The van der Waals surface area contributed by atoms with Crippen molar-refractivity contribution in [1.82, 2.24) is 0 Å². The highest BCUT2D eigenvalue weighted by atomic mass is 16.3. The fourth-order valence-corrected chi connectivity index (χ4v) is 5.98. The fourth-order valence-electron chi connectivity index (χ4n) is 5.98. The second-order valence-corrected chi connectivity index (χ2v) is 10.4. The molecular formula is C25H42O2. The Balaban J connectivity index is 1.50. The van der Waals surface area contributed by atoms with Gasteiger partial charge in [0, 0.05) is 0 Å². The van der Waals surface area contributed by atoms with Crippen LogP contribution in [0.4, 0.5) is 0 Å². The number of hydrogen-bond donors (Lipinski definition) is 2. The van der Waals surface area contributed by atoms with Crippen molar-refractivity contribution in [3.05, 3.63) is 23.3 Å². The Kier molecular flexibility index (Phi) is 7.62. The van der Waals surface area contributed by atoms with Crippen LogP contribution in [0.5, 0.6) is 0 Å². The molecule has 0 amide bonds. The zero-order valence-corrected chi connectivity index (χ0v) is 17.8. The standard InChI is InChI=1S/C25H42O2/c1-19(2)6-3-4-7-21-11-13-25(18-21)12-5-8-20(17-25)9-10-22-14-23(26)16-24(27)15-22/h9-10,19,21,23-24,26-27H,3-8,11-18H2,1-2H3/t21-,23+,24+,25-/m0/s1. The van der Waals surface area contributed by atoms with Gasteiger partial charge in [0.05, 0.1) is 12.2 Å². The minimum absolute atomic E-state index is 0.359. The van der Waals surface area contributed by atoms with Crippen molar-refractivity contribution in [3.8, 4) is 0 Å². The fraction of sp³-hybridized carbons (Fsp3) is 0.840. The van der Waals surface area contributed by atoms with Crippen LogP contribution in [-0.4, -0.2) is 22.4 Å². The Hall–Kier alpha value is -0.600. The molecule has 0 aromatic carbocycles. The van der Waals surface area contributed by atoms with Gasteiger partial charge in [-0.2, -0.15) is 0 Å². The molecule has 1 spiro atoms. The van der Waals surface area contributed by atoms with Crippen LogP contribution in [0.3, 0.4) is 0 Å². The van der Waals surface area contributed by atoms with Crippen LogP contribution in [0.1, 0.15) is 104 Å². The van der Waals surface area contributed by atoms with Crippen molar-refractivity contribution in [2.24, 2.45) is 17.3 Å². The first-order chi connectivity index (χ1) is 12.9. The van der Waals surface area contributed by atoms with Gasteiger partial charge in [-0.1, -0.05) is 62.8 Å². The summed E-state index contributed by atoms with van der Waals surface area (Å²) in [5, 5.41) is 19.8. The summed E-state index contributed by atoms with van der Waals surface area (Å²) >= 11 is 0. The van der Waals surface area contributed by atoms with E-state index < -0.39 is 0 Å². The van der Waals surface area contributed by atoms with Crippen molar-refractivity contribution >= 4 is 0 Å². The molecule has 27 heavy (non-hydrogen) atoms. The summed E-state index contributed by atoms with van der Waals surface area (Å²) in [6.07, 6.45) is 21.2. The van der Waals surface area contributed by atoms with Crippen molar-refractivity contribution < 1.29 is 10.2 Å². The molecule has 0 aromatic heterocycles. The highest BCUT2D eigenvalue weighted by molar-refractivity contribution is 5.22. The maximum absolute atomic E-state index is 9.88. The van der Waals surface area contributed by atoms with Gasteiger partial charge in [-0.15, -0.1) is 0 Å².